The molecule has 0 aliphatic carbocycles. The fourth-order valence-corrected chi connectivity index (χ4v) is 5.11. The quantitative estimate of drug-likeness (QED) is 0.671. The lowest BCUT2D eigenvalue weighted by atomic mass is 9.84. The van der Waals surface area contributed by atoms with Crippen molar-refractivity contribution in [3.05, 3.63) is 54.1 Å². The molecule has 2 heterocycles. The molecule has 8 nitrogen and oxygen atoms in total. The molecule has 2 N–H and O–H groups in total. The Kier molecular flexibility index (Phi) is 5.68. The van der Waals surface area contributed by atoms with Gasteiger partial charge in [-0.2, -0.15) is 0 Å². The van der Waals surface area contributed by atoms with Crippen LogP contribution in [0, 0.1) is 0 Å². The molecule has 0 radical (unpaired) electrons. The summed E-state index contributed by atoms with van der Waals surface area (Å²) in [6, 6.07) is 13.2. The Labute approximate surface area is 174 Å². The highest BCUT2D eigenvalue weighted by Gasteiger charge is 2.46. The number of rotatable bonds is 6. The van der Waals surface area contributed by atoms with E-state index in [0.717, 1.165) is 5.56 Å². The average Bonchev–Trinajstić information content (AvgIpc) is 3.11. The maximum absolute atomic E-state index is 12.6. The van der Waals surface area contributed by atoms with Crippen LogP contribution in [0.15, 0.2) is 53.4 Å². The molecule has 4 atom stereocenters. The number of benzene rings is 2. The van der Waals surface area contributed by atoms with Crippen molar-refractivity contribution in [2.24, 2.45) is 0 Å². The number of nitrogens with one attached hydrogen (secondary N) is 1. The first-order chi connectivity index (χ1) is 14.4. The number of methoxy groups -OCH3 is 1. The topological polar surface area (TPSA) is 111 Å². The van der Waals surface area contributed by atoms with Gasteiger partial charge in [0, 0.05) is 17.2 Å². The second-order valence-corrected chi connectivity index (χ2v) is 9.04. The van der Waals surface area contributed by atoms with Crippen LogP contribution in [0.5, 0.6) is 5.75 Å². The van der Waals surface area contributed by atoms with Crippen LogP contribution in [-0.2, 0) is 24.3 Å². The molecule has 2 aliphatic heterocycles. The van der Waals surface area contributed by atoms with Gasteiger partial charge in [0.05, 0.1) is 31.1 Å². The van der Waals surface area contributed by atoms with Crippen LogP contribution in [0.3, 0.4) is 0 Å². The second-order valence-electron chi connectivity index (χ2n) is 7.36. The van der Waals surface area contributed by atoms with Gasteiger partial charge in [-0.1, -0.05) is 18.2 Å². The summed E-state index contributed by atoms with van der Waals surface area (Å²) in [5.74, 6) is 0.0915. The number of anilines is 1. The highest BCUT2D eigenvalue weighted by Crippen LogP contribution is 2.47. The van der Waals surface area contributed by atoms with Gasteiger partial charge in [0.2, 0.25) is 0 Å². The number of aliphatic hydroxyl groups excluding tert-OH is 1. The van der Waals surface area contributed by atoms with Crippen molar-refractivity contribution in [1.82, 2.24) is 0 Å². The number of esters is 1. The lowest BCUT2D eigenvalue weighted by Gasteiger charge is -2.36. The first kappa shape index (κ1) is 20.6. The summed E-state index contributed by atoms with van der Waals surface area (Å²) in [7, 11) is -2.41. The molecule has 2 aliphatic rings. The van der Waals surface area contributed by atoms with Crippen molar-refractivity contribution in [2.45, 2.75) is 42.0 Å². The Morgan fingerprint density at radius 3 is 2.70 bits per heavy atom. The molecule has 4 rings (SSSR count). The minimum atomic E-state index is -3.72. The molecule has 0 bridgehead atoms. The largest absolute Gasteiger partial charge is 0.487 e. The monoisotopic (exact) mass is 433 g/mol. The Bertz CT molecular complexity index is 1020. The summed E-state index contributed by atoms with van der Waals surface area (Å²) in [4.78, 5) is 11.9. The van der Waals surface area contributed by atoms with Crippen molar-refractivity contribution < 1.29 is 32.5 Å². The minimum Gasteiger partial charge on any atom is -0.487 e. The third kappa shape index (κ3) is 4.00. The number of aliphatic hydroxyl groups is 1. The van der Waals surface area contributed by atoms with E-state index in [-0.39, 0.29) is 23.8 Å². The van der Waals surface area contributed by atoms with Crippen molar-refractivity contribution in [1.29, 1.82) is 0 Å². The van der Waals surface area contributed by atoms with Gasteiger partial charge in [-0.15, -0.1) is 0 Å². The molecular formula is C21H23NO7S. The third-order valence-electron chi connectivity index (χ3n) is 5.43. The van der Waals surface area contributed by atoms with Crippen LogP contribution < -0.4 is 9.46 Å². The van der Waals surface area contributed by atoms with Crippen LogP contribution in [0.4, 0.5) is 5.69 Å². The van der Waals surface area contributed by atoms with Gasteiger partial charge in [0.15, 0.2) is 0 Å². The third-order valence-corrected chi connectivity index (χ3v) is 6.82. The van der Waals surface area contributed by atoms with E-state index in [0.29, 0.717) is 17.9 Å². The molecule has 9 heteroatoms. The summed E-state index contributed by atoms with van der Waals surface area (Å²) in [5.41, 5.74) is 1.24. The standard InChI is InChI=1S/C21H23NO7S/c1-27-20(24)11-14-10-17-16-9-13(22-30(25,26)15-5-3-2-4-6-15)7-8-18(16)29-21(17)19(12-23)28-14/h2-9,14,17,19,21-23H,10-12H2,1H3/t14-,17+,19-,21-/m0/s1. The molecule has 160 valence electrons. The Hall–Kier alpha value is -2.62. The number of hydrogen-bond acceptors (Lipinski definition) is 7. The van der Waals surface area contributed by atoms with Crippen LogP contribution >= 0.6 is 0 Å². The summed E-state index contributed by atoms with van der Waals surface area (Å²) in [5, 5.41) is 9.75. The molecule has 0 unspecified atom stereocenters. The van der Waals surface area contributed by atoms with E-state index in [2.05, 4.69) is 4.72 Å². The molecule has 2 aromatic carbocycles. The molecule has 0 amide bonds. The maximum Gasteiger partial charge on any atom is 0.308 e. The van der Waals surface area contributed by atoms with Crippen LogP contribution in [0.25, 0.3) is 0 Å². The number of ether oxygens (including phenoxy) is 3. The molecule has 1 saturated heterocycles. The number of fused-ring (bicyclic) bond motifs is 3. The fourth-order valence-electron chi connectivity index (χ4n) is 4.04. The highest BCUT2D eigenvalue weighted by atomic mass is 32.2. The van der Waals surface area contributed by atoms with E-state index in [1.54, 1.807) is 36.4 Å². The van der Waals surface area contributed by atoms with Crippen molar-refractivity contribution >= 4 is 21.7 Å². The van der Waals surface area contributed by atoms with E-state index in [1.807, 2.05) is 0 Å². The summed E-state index contributed by atoms with van der Waals surface area (Å²) < 4.78 is 44.4. The summed E-state index contributed by atoms with van der Waals surface area (Å²) >= 11 is 0. The van der Waals surface area contributed by atoms with Crippen molar-refractivity contribution in [3.63, 3.8) is 0 Å². The second kappa shape index (κ2) is 8.25. The zero-order chi connectivity index (χ0) is 21.3. The summed E-state index contributed by atoms with van der Waals surface area (Å²) in [6.45, 7) is -0.250. The predicted octanol–water partition coefficient (Wildman–Crippen LogP) is 2.04. The van der Waals surface area contributed by atoms with E-state index in [4.69, 9.17) is 14.2 Å². The van der Waals surface area contributed by atoms with Gasteiger partial charge < -0.3 is 19.3 Å². The molecular weight excluding hydrogens is 410 g/mol. The number of sulfonamides is 1. The fraction of sp³-hybridized carbons (Fsp3) is 0.381. The number of carbonyl (C=O) groups is 1. The van der Waals surface area contributed by atoms with Gasteiger partial charge >= 0.3 is 5.97 Å². The van der Waals surface area contributed by atoms with Gasteiger partial charge in [-0.25, -0.2) is 8.42 Å². The minimum absolute atomic E-state index is 0.0753. The molecule has 0 saturated carbocycles. The van der Waals surface area contributed by atoms with Crippen molar-refractivity contribution in [2.75, 3.05) is 18.4 Å². The number of hydrogen-bond donors (Lipinski definition) is 2. The Morgan fingerprint density at radius 2 is 2.00 bits per heavy atom. The SMILES string of the molecule is COC(=O)C[C@@H]1C[C@@H]2c3cc(NS(=O)(=O)c4ccccc4)ccc3O[C@@H]2[C@H](CO)O1. The van der Waals surface area contributed by atoms with Crippen LogP contribution in [0.1, 0.15) is 24.3 Å². The van der Waals surface area contributed by atoms with Crippen LogP contribution in [-0.4, -0.2) is 51.5 Å². The molecule has 1 fully saturated rings. The average molecular weight is 433 g/mol. The predicted molar refractivity (Wildman–Crippen MR) is 108 cm³/mol. The molecule has 0 spiro atoms. The summed E-state index contributed by atoms with van der Waals surface area (Å²) in [6.07, 6.45) is -0.838. The van der Waals surface area contributed by atoms with Gasteiger partial charge in [-0.3, -0.25) is 9.52 Å². The van der Waals surface area contributed by atoms with E-state index >= 15 is 0 Å². The van der Waals surface area contributed by atoms with Gasteiger partial charge in [0.1, 0.15) is 18.0 Å². The lowest BCUT2D eigenvalue weighted by Crippen LogP contribution is -2.46. The number of carbonyl (C=O) groups excluding carboxylic acids is 1. The Morgan fingerprint density at radius 1 is 1.23 bits per heavy atom. The van der Waals surface area contributed by atoms with Gasteiger partial charge in [0.25, 0.3) is 10.0 Å². The smallest absolute Gasteiger partial charge is 0.308 e. The van der Waals surface area contributed by atoms with E-state index < -0.39 is 34.3 Å². The molecule has 30 heavy (non-hydrogen) atoms. The first-order valence-electron chi connectivity index (χ1n) is 9.63. The highest BCUT2D eigenvalue weighted by molar-refractivity contribution is 7.92. The van der Waals surface area contributed by atoms with E-state index in [9.17, 15) is 18.3 Å². The van der Waals surface area contributed by atoms with Crippen LogP contribution in [0.2, 0.25) is 0 Å². The molecule has 0 aromatic heterocycles. The maximum atomic E-state index is 12.6. The zero-order valence-corrected chi connectivity index (χ0v) is 17.2. The Balaban J connectivity index is 1.59. The normalized spacial score (nSPS) is 25.0. The first-order valence-corrected chi connectivity index (χ1v) is 11.1. The van der Waals surface area contributed by atoms with E-state index in [1.165, 1.54) is 19.2 Å². The zero-order valence-electron chi connectivity index (χ0n) is 16.4. The molecule has 2 aromatic rings. The van der Waals surface area contributed by atoms with Crippen molar-refractivity contribution in [3.8, 4) is 5.75 Å². The lowest BCUT2D eigenvalue weighted by molar-refractivity contribution is -0.156. The van der Waals surface area contributed by atoms with Gasteiger partial charge in [-0.05, 0) is 36.8 Å².